The van der Waals surface area contributed by atoms with Gasteiger partial charge in [0.25, 0.3) is 5.91 Å². The van der Waals surface area contributed by atoms with Crippen LogP contribution in [0.4, 0.5) is 0 Å². The van der Waals surface area contributed by atoms with E-state index in [1.54, 1.807) is 24.3 Å². The van der Waals surface area contributed by atoms with Gasteiger partial charge in [-0.15, -0.1) is 0 Å². The number of carbonyl (C=O) groups is 1. The van der Waals surface area contributed by atoms with Gasteiger partial charge in [0.2, 0.25) is 0 Å². The number of ether oxygens (including phenoxy) is 1. The summed E-state index contributed by atoms with van der Waals surface area (Å²) in [6.07, 6.45) is -0.241. The number of primary amides is 1. The second-order valence-corrected chi connectivity index (χ2v) is 7.75. The quantitative estimate of drug-likeness (QED) is 0.752. The topological polar surface area (TPSA) is 86.5 Å². The Morgan fingerprint density at radius 1 is 1.14 bits per heavy atom. The normalized spacial score (nSPS) is 13.1. The Morgan fingerprint density at radius 3 is 2.24 bits per heavy atom. The fraction of sp³-hybridized carbons (Fsp3) is 0.533. The zero-order valence-electron chi connectivity index (χ0n) is 12.5. The lowest BCUT2D eigenvalue weighted by molar-refractivity contribution is -0.124. The molecule has 5 nitrogen and oxygen atoms in total. The van der Waals surface area contributed by atoms with Crippen molar-refractivity contribution in [1.82, 2.24) is 0 Å². The van der Waals surface area contributed by atoms with E-state index in [-0.39, 0.29) is 17.9 Å². The largest absolute Gasteiger partial charge is 0.481 e. The molecule has 1 aromatic carbocycles. The van der Waals surface area contributed by atoms with Gasteiger partial charge in [-0.3, -0.25) is 4.79 Å². The minimum atomic E-state index is -3.19. The van der Waals surface area contributed by atoms with Crippen LogP contribution in [-0.4, -0.2) is 31.9 Å². The Hall–Kier alpha value is -1.56. The second kappa shape index (κ2) is 8.02. The zero-order chi connectivity index (χ0) is 15.9. The van der Waals surface area contributed by atoms with Crippen molar-refractivity contribution in [2.75, 3.05) is 11.5 Å². The van der Waals surface area contributed by atoms with Gasteiger partial charge in [0, 0.05) is 6.42 Å². The molecule has 0 aliphatic heterocycles. The molecule has 1 unspecified atom stereocenters. The summed E-state index contributed by atoms with van der Waals surface area (Å²) in [5.41, 5.74) is 5.28. The molecule has 0 radical (unpaired) electrons. The third-order valence-corrected chi connectivity index (χ3v) is 4.75. The lowest BCUT2D eigenvalue weighted by Crippen LogP contribution is -2.35. The molecule has 0 spiro atoms. The predicted molar refractivity (Wildman–Crippen MR) is 82.8 cm³/mol. The van der Waals surface area contributed by atoms with E-state index >= 15 is 0 Å². The van der Waals surface area contributed by atoms with Gasteiger partial charge in [0.05, 0.1) is 11.5 Å². The van der Waals surface area contributed by atoms with Crippen LogP contribution in [0.2, 0.25) is 0 Å². The first-order valence-corrected chi connectivity index (χ1v) is 8.84. The third kappa shape index (κ3) is 7.13. The predicted octanol–water partition coefficient (Wildman–Crippen LogP) is 1.77. The van der Waals surface area contributed by atoms with Crippen molar-refractivity contribution in [3.8, 4) is 5.75 Å². The van der Waals surface area contributed by atoms with Crippen LogP contribution in [-0.2, 0) is 14.6 Å². The first-order chi connectivity index (χ1) is 9.80. The van der Waals surface area contributed by atoms with Gasteiger partial charge in [0.15, 0.2) is 6.10 Å². The Morgan fingerprint density at radius 2 is 1.71 bits per heavy atom. The lowest BCUT2D eigenvalue weighted by atomic mass is 10.2. The molecule has 118 valence electrons. The molecule has 21 heavy (non-hydrogen) atoms. The van der Waals surface area contributed by atoms with Crippen LogP contribution >= 0.6 is 0 Å². The summed E-state index contributed by atoms with van der Waals surface area (Å²) in [5.74, 6) is 0.202. The molecule has 0 aliphatic rings. The average molecular weight is 313 g/mol. The molecule has 0 saturated heterocycles. The maximum Gasteiger partial charge on any atom is 0.258 e. The maximum absolute atomic E-state index is 11.9. The number of sulfone groups is 1. The van der Waals surface area contributed by atoms with Gasteiger partial charge in [0.1, 0.15) is 15.6 Å². The van der Waals surface area contributed by atoms with E-state index in [4.69, 9.17) is 10.5 Å². The van der Waals surface area contributed by atoms with Crippen LogP contribution in [0.5, 0.6) is 5.75 Å². The van der Waals surface area contributed by atoms with Crippen LogP contribution in [0, 0.1) is 5.92 Å². The van der Waals surface area contributed by atoms with Gasteiger partial charge < -0.3 is 10.5 Å². The summed E-state index contributed by atoms with van der Waals surface area (Å²) in [6, 6.07) is 8.76. The molecule has 1 amide bonds. The van der Waals surface area contributed by atoms with Crippen LogP contribution in [0.3, 0.4) is 0 Å². The number of hydrogen-bond donors (Lipinski definition) is 1. The number of nitrogens with two attached hydrogens (primary N) is 1. The Bertz CT molecular complexity index is 540. The molecule has 6 heteroatoms. The number of rotatable bonds is 9. The molecule has 0 aromatic heterocycles. The first kappa shape index (κ1) is 17.5. The van der Waals surface area contributed by atoms with E-state index in [2.05, 4.69) is 0 Å². The smallest absolute Gasteiger partial charge is 0.258 e. The molecule has 1 rings (SSSR count). The van der Waals surface area contributed by atoms with Crippen molar-refractivity contribution < 1.29 is 17.9 Å². The molecule has 0 bridgehead atoms. The summed E-state index contributed by atoms with van der Waals surface area (Å²) in [6.45, 7) is 3.94. The summed E-state index contributed by atoms with van der Waals surface area (Å²) >= 11 is 0. The average Bonchev–Trinajstić information content (AvgIpc) is 2.42. The molecule has 1 atom stereocenters. The summed E-state index contributed by atoms with van der Waals surface area (Å²) in [4.78, 5) is 11.4. The molecule has 2 N–H and O–H groups in total. The van der Waals surface area contributed by atoms with Crippen LogP contribution in [0.25, 0.3) is 0 Å². The van der Waals surface area contributed by atoms with E-state index < -0.39 is 21.8 Å². The second-order valence-electron chi connectivity index (χ2n) is 5.44. The fourth-order valence-corrected chi connectivity index (χ4v) is 3.33. The third-order valence-electron chi connectivity index (χ3n) is 3.04. The van der Waals surface area contributed by atoms with Gasteiger partial charge in [-0.1, -0.05) is 32.0 Å². The first-order valence-electron chi connectivity index (χ1n) is 7.01. The van der Waals surface area contributed by atoms with Gasteiger partial charge in [-0.2, -0.15) is 0 Å². The molecule has 0 heterocycles. The zero-order valence-corrected chi connectivity index (χ0v) is 13.3. The van der Waals surface area contributed by atoms with Crippen molar-refractivity contribution in [1.29, 1.82) is 0 Å². The number of hydrogen-bond acceptors (Lipinski definition) is 4. The van der Waals surface area contributed by atoms with Crippen LogP contribution < -0.4 is 10.5 Å². The molecular weight excluding hydrogens is 290 g/mol. The van der Waals surface area contributed by atoms with E-state index in [1.165, 1.54) is 0 Å². The van der Waals surface area contributed by atoms with Crippen molar-refractivity contribution in [2.24, 2.45) is 11.7 Å². The van der Waals surface area contributed by atoms with Crippen molar-refractivity contribution in [2.45, 2.75) is 32.8 Å². The molecule has 0 saturated carbocycles. The molecular formula is C15H23NO4S. The number of carbonyl (C=O) groups excluding carboxylic acids is 1. The minimum absolute atomic E-state index is 0.0741. The summed E-state index contributed by atoms with van der Waals surface area (Å²) in [7, 11) is -3.19. The maximum atomic E-state index is 11.9. The minimum Gasteiger partial charge on any atom is -0.481 e. The van der Waals surface area contributed by atoms with Gasteiger partial charge >= 0.3 is 0 Å². The lowest BCUT2D eigenvalue weighted by Gasteiger charge is -2.16. The highest BCUT2D eigenvalue weighted by atomic mass is 32.2. The highest BCUT2D eigenvalue weighted by molar-refractivity contribution is 7.91. The highest BCUT2D eigenvalue weighted by Crippen LogP contribution is 2.14. The number of amides is 1. The molecule has 0 aliphatic carbocycles. The number of benzene rings is 1. The van der Waals surface area contributed by atoms with Crippen LogP contribution in [0.15, 0.2) is 30.3 Å². The van der Waals surface area contributed by atoms with E-state index in [0.29, 0.717) is 18.1 Å². The Kier molecular flexibility index (Phi) is 6.68. The van der Waals surface area contributed by atoms with Crippen molar-refractivity contribution >= 4 is 15.7 Å². The van der Waals surface area contributed by atoms with Crippen LogP contribution in [0.1, 0.15) is 26.7 Å². The van der Waals surface area contributed by atoms with Crippen molar-refractivity contribution in [3.63, 3.8) is 0 Å². The summed E-state index contributed by atoms with van der Waals surface area (Å²) in [5, 5.41) is 0. The monoisotopic (exact) mass is 313 g/mol. The van der Waals surface area contributed by atoms with E-state index in [0.717, 1.165) is 0 Å². The van der Waals surface area contributed by atoms with Gasteiger partial charge in [-0.25, -0.2) is 8.42 Å². The van der Waals surface area contributed by atoms with E-state index in [9.17, 15) is 13.2 Å². The SMILES string of the molecule is CC(C)CCS(=O)(=O)CCC(Oc1ccccc1)C(N)=O. The fourth-order valence-electron chi connectivity index (χ4n) is 1.73. The molecule has 1 aromatic rings. The Balaban J connectivity index is 2.57. The number of para-hydroxylation sites is 1. The van der Waals surface area contributed by atoms with E-state index in [1.807, 2.05) is 19.9 Å². The molecule has 0 fully saturated rings. The van der Waals surface area contributed by atoms with Gasteiger partial charge in [-0.05, 0) is 24.5 Å². The standard InChI is InChI=1S/C15H23NO4S/c1-12(2)8-10-21(18,19)11-9-14(15(16)17)20-13-6-4-3-5-7-13/h3-7,12,14H,8-11H2,1-2H3,(H2,16,17). The summed E-state index contributed by atoms with van der Waals surface area (Å²) < 4.78 is 29.3. The Labute approximate surface area is 126 Å². The van der Waals surface area contributed by atoms with Crippen molar-refractivity contribution in [3.05, 3.63) is 30.3 Å². The highest BCUT2D eigenvalue weighted by Gasteiger charge is 2.21.